The molecule has 2 rings (SSSR count). The van der Waals surface area contributed by atoms with E-state index in [1.165, 1.54) is 0 Å². The fraction of sp³-hybridized carbons (Fsp3) is 0.571. The molecule has 0 aliphatic carbocycles. The van der Waals surface area contributed by atoms with E-state index >= 15 is 0 Å². The van der Waals surface area contributed by atoms with E-state index in [1.807, 2.05) is 48.5 Å². The van der Waals surface area contributed by atoms with Crippen LogP contribution in [0.15, 0.2) is 0 Å². The van der Waals surface area contributed by atoms with Gasteiger partial charge in [0.05, 0.1) is 16.8 Å². The van der Waals surface area contributed by atoms with Crippen molar-refractivity contribution in [2.45, 2.75) is 79.3 Å². The smallest absolute Gasteiger partial charge is 0.478 e. The average Bonchev–Trinajstić information content (AvgIpc) is 2.64. The minimum absolute atomic E-state index is 0.296. The summed E-state index contributed by atoms with van der Waals surface area (Å²) in [6, 6.07) is 0. The maximum absolute atomic E-state index is 12.0. The first-order valence-corrected chi connectivity index (χ1v) is 12.8. The molecule has 27 heavy (non-hydrogen) atoms. The molecule has 1 heterocycles. The Morgan fingerprint density at radius 1 is 0.963 bits per heavy atom. The molecule has 0 atom stereocenters. The summed E-state index contributed by atoms with van der Waals surface area (Å²) >= 11 is 0. The molecule has 0 unspecified atom stereocenters. The van der Waals surface area contributed by atoms with Crippen molar-refractivity contribution in [2.75, 3.05) is 0 Å². The second-order valence-electron chi connectivity index (χ2n) is 9.43. The molecule has 1 N–H and O–H groups in total. The van der Waals surface area contributed by atoms with Crippen molar-refractivity contribution in [3.63, 3.8) is 0 Å². The van der Waals surface area contributed by atoms with Gasteiger partial charge >= 0.3 is 13.1 Å². The van der Waals surface area contributed by atoms with Gasteiger partial charge in [-0.3, -0.25) is 0 Å². The van der Waals surface area contributed by atoms with Crippen molar-refractivity contribution in [2.24, 2.45) is 0 Å². The number of carboxylic acids is 1. The van der Waals surface area contributed by atoms with E-state index in [1.54, 1.807) is 0 Å². The third-order valence-corrected chi connectivity index (χ3v) is 6.45. The van der Waals surface area contributed by atoms with Crippen LogP contribution in [-0.4, -0.2) is 37.5 Å². The van der Waals surface area contributed by atoms with Gasteiger partial charge in [-0.2, -0.15) is 0 Å². The Labute approximate surface area is 164 Å². The molecule has 1 aliphatic rings. The molecule has 6 heteroatoms. The maximum atomic E-state index is 12.0. The van der Waals surface area contributed by atoms with Gasteiger partial charge < -0.3 is 14.4 Å². The number of carboxylic acid groups (broad SMARTS) is 1. The largest absolute Gasteiger partial charge is 0.495 e. The third-order valence-electron chi connectivity index (χ3n) is 5.57. The van der Waals surface area contributed by atoms with Crippen molar-refractivity contribution < 1.29 is 19.2 Å². The molecule has 1 aliphatic heterocycles. The van der Waals surface area contributed by atoms with Gasteiger partial charge in [-0.1, -0.05) is 25.6 Å². The summed E-state index contributed by atoms with van der Waals surface area (Å²) in [5, 5.41) is 9.84. The van der Waals surface area contributed by atoms with E-state index in [-0.39, 0.29) is 0 Å². The number of hydrogen-bond donors (Lipinski definition) is 1. The van der Waals surface area contributed by atoms with Gasteiger partial charge in [0.2, 0.25) is 0 Å². The van der Waals surface area contributed by atoms with Gasteiger partial charge in [-0.25, -0.2) is 4.79 Å². The second kappa shape index (κ2) is 6.81. The summed E-state index contributed by atoms with van der Waals surface area (Å²) in [5.74, 6) is 2.34. The second-order valence-corrected chi connectivity index (χ2v) is 14.2. The Morgan fingerprint density at radius 2 is 1.44 bits per heavy atom. The minimum Gasteiger partial charge on any atom is -0.478 e. The Balaban J connectivity index is 2.77. The lowest BCUT2D eigenvalue weighted by molar-refractivity contribution is 0.00578. The molecular weight excluding hydrogens is 355 g/mol. The number of hydrogen-bond acceptors (Lipinski definition) is 3. The van der Waals surface area contributed by atoms with Crippen LogP contribution in [0.25, 0.3) is 0 Å². The molecule has 1 aromatic rings. The van der Waals surface area contributed by atoms with Crippen molar-refractivity contribution in [1.29, 1.82) is 0 Å². The molecular formula is C21H31BO4Si. The van der Waals surface area contributed by atoms with E-state index in [0.29, 0.717) is 16.7 Å². The van der Waals surface area contributed by atoms with Crippen LogP contribution in [0.3, 0.4) is 0 Å². The summed E-state index contributed by atoms with van der Waals surface area (Å²) in [6.07, 6.45) is 0. The number of carbonyl (C=O) groups is 1. The molecule has 0 saturated carbocycles. The van der Waals surface area contributed by atoms with Crippen LogP contribution in [0.2, 0.25) is 19.6 Å². The van der Waals surface area contributed by atoms with Crippen LogP contribution in [0.5, 0.6) is 0 Å². The molecule has 0 aromatic heterocycles. The van der Waals surface area contributed by atoms with E-state index in [4.69, 9.17) is 9.31 Å². The lowest BCUT2D eigenvalue weighted by Crippen LogP contribution is -2.41. The monoisotopic (exact) mass is 386 g/mol. The van der Waals surface area contributed by atoms with E-state index in [9.17, 15) is 9.90 Å². The Morgan fingerprint density at radius 3 is 1.85 bits per heavy atom. The van der Waals surface area contributed by atoms with Gasteiger partial charge in [-0.15, -0.1) is 5.54 Å². The van der Waals surface area contributed by atoms with Crippen LogP contribution >= 0.6 is 0 Å². The molecule has 146 valence electrons. The SMILES string of the molecule is Cc1c(C#C[Si](C)(C)C)c(C)c(C(=O)O)c(C)c1B1OC(C)(C)C(C)(C)O1. The van der Waals surface area contributed by atoms with Crippen LogP contribution in [0.4, 0.5) is 0 Å². The zero-order chi connectivity index (χ0) is 20.9. The molecule has 0 spiro atoms. The molecule has 1 fully saturated rings. The Kier molecular flexibility index (Phi) is 5.48. The summed E-state index contributed by atoms with van der Waals surface area (Å²) in [6.45, 7) is 20.2. The van der Waals surface area contributed by atoms with Crippen molar-refractivity contribution in [1.82, 2.24) is 0 Å². The Bertz CT molecular complexity index is 838. The van der Waals surface area contributed by atoms with Crippen LogP contribution in [0.1, 0.15) is 60.3 Å². The first-order chi connectivity index (χ1) is 12.1. The number of rotatable bonds is 2. The zero-order valence-electron chi connectivity index (χ0n) is 18.2. The predicted molar refractivity (Wildman–Crippen MR) is 114 cm³/mol. The Hall–Kier alpha value is -1.55. The highest BCUT2D eigenvalue weighted by Crippen LogP contribution is 2.37. The summed E-state index contributed by atoms with van der Waals surface area (Å²) < 4.78 is 12.5. The van der Waals surface area contributed by atoms with Crippen LogP contribution in [-0.2, 0) is 9.31 Å². The molecule has 1 aromatic carbocycles. The zero-order valence-corrected chi connectivity index (χ0v) is 19.2. The van der Waals surface area contributed by atoms with E-state index in [0.717, 1.165) is 16.6 Å². The molecule has 0 amide bonds. The standard InChI is InChI=1S/C21H31BO4Si/c1-13-16(11-12-27(8,9)10)14(2)18(15(3)17(13)19(23)24)22-25-20(4,5)21(6,7)26-22/h1-10H3,(H,23,24). The quantitative estimate of drug-likeness (QED) is 0.620. The van der Waals surface area contributed by atoms with Crippen molar-refractivity contribution in [3.8, 4) is 11.5 Å². The topological polar surface area (TPSA) is 55.8 Å². The summed E-state index contributed by atoms with van der Waals surface area (Å²) in [5.41, 5.74) is 6.60. The van der Waals surface area contributed by atoms with Gasteiger partial charge in [0.15, 0.2) is 0 Å². The third kappa shape index (κ3) is 4.01. The van der Waals surface area contributed by atoms with Crippen LogP contribution in [0, 0.1) is 32.2 Å². The summed E-state index contributed by atoms with van der Waals surface area (Å²) in [4.78, 5) is 12.0. The highest BCUT2D eigenvalue weighted by molar-refractivity contribution is 6.83. The molecule has 0 radical (unpaired) electrons. The van der Waals surface area contributed by atoms with Crippen LogP contribution < -0.4 is 5.46 Å². The highest BCUT2D eigenvalue weighted by atomic mass is 28.3. The van der Waals surface area contributed by atoms with Gasteiger partial charge in [-0.05, 0) is 70.6 Å². The number of benzene rings is 1. The highest BCUT2D eigenvalue weighted by Gasteiger charge is 2.52. The van der Waals surface area contributed by atoms with Crippen molar-refractivity contribution >= 4 is 26.6 Å². The number of aromatic carboxylic acids is 1. The molecule has 4 nitrogen and oxygen atoms in total. The average molecular weight is 386 g/mol. The lowest BCUT2D eigenvalue weighted by Gasteiger charge is -2.32. The fourth-order valence-corrected chi connectivity index (χ4v) is 3.81. The fourth-order valence-electron chi connectivity index (χ4n) is 3.31. The normalized spacial score (nSPS) is 18.2. The maximum Gasteiger partial charge on any atom is 0.495 e. The lowest BCUT2D eigenvalue weighted by atomic mass is 9.70. The van der Waals surface area contributed by atoms with Gasteiger partial charge in [0.25, 0.3) is 0 Å². The van der Waals surface area contributed by atoms with Crippen molar-refractivity contribution in [3.05, 3.63) is 27.8 Å². The first-order valence-electron chi connectivity index (χ1n) is 9.35. The van der Waals surface area contributed by atoms with Gasteiger partial charge in [0.1, 0.15) is 8.07 Å². The van der Waals surface area contributed by atoms with E-state index < -0.39 is 32.4 Å². The first kappa shape index (κ1) is 21.7. The van der Waals surface area contributed by atoms with Gasteiger partial charge in [0, 0.05) is 5.56 Å². The predicted octanol–water partition coefficient (Wildman–Crippen LogP) is 3.84. The molecule has 1 saturated heterocycles. The molecule has 0 bridgehead atoms. The summed E-state index contributed by atoms with van der Waals surface area (Å²) in [7, 11) is -2.22. The minimum atomic E-state index is -1.61. The van der Waals surface area contributed by atoms with E-state index in [2.05, 4.69) is 31.1 Å².